The number of carbonyl (C=O) groups excluding carboxylic acids is 1. The van der Waals surface area contributed by atoms with E-state index in [1.165, 1.54) is 19.2 Å². The summed E-state index contributed by atoms with van der Waals surface area (Å²) in [5.74, 6) is 0.0650. The van der Waals surface area contributed by atoms with E-state index in [0.29, 0.717) is 11.3 Å². The summed E-state index contributed by atoms with van der Waals surface area (Å²) in [6.07, 6.45) is 0. The van der Waals surface area contributed by atoms with Crippen molar-refractivity contribution in [3.63, 3.8) is 0 Å². The minimum atomic E-state index is -0.341. The van der Waals surface area contributed by atoms with E-state index in [2.05, 4.69) is 5.32 Å². The summed E-state index contributed by atoms with van der Waals surface area (Å²) in [6.45, 7) is 5.42. The molecule has 1 amide bonds. The second kappa shape index (κ2) is 5.66. The number of methoxy groups -OCH3 is 1. The average Bonchev–Trinajstić information content (AvgIpc) is 2.28. The first-order valence-electron chi connectivity index (χ1n) is 5.59. The van der Waals surface area contributed by atoms with Crippen molar-refractivity contribution < 1.29 is 13.9 Å². The molecular weight excluding hydrogens is 221 g/mol. The molecule has 4 heteroatoms. The lowest BCUT2D eigenvalue weighted by Gasteiger charge is -2.18. The summed E-state index contributed by atoms with van der Waals surface area (Å²) in [7, 11) is 1.52. The third-order valence-electron chi connectivity index (χ3n) is 2.54. The van der Waals surface area contributed by atoms with Crippen LogP contribution in [0.4, 0.5) is 4.39 Å². The van der Waals surface area contributed by atoms with E-state index in [9.17, 15) is 9.18 Å². The molecule has 0 bridgehead atoms. The fraction of sp³-hybridized carbons (Fsp3) is 0.462. The van der Waals surface area contributed by atoms with Crippen LogP contribution in [0.5, 0.6) is 5.75 Å². The molecule has 0 saturated carbocycles. The van der Waals surface area contributed by atoms with Crippen LogP contribution in [-0.2, 0) is 4.79 Å². The van der Waals surface area contributed by atoms with Crippen LogP contribution in [0, 0.1) is 11.7 Å². The van der Waals surface area contributed by atoms with E-state index in [4.69, 9.17) is 4.74 Å². The van der Waals surface area contributed by atoms with E-state index in [1.54, 1.807) is 13.0 Å². The Labute approximate surface area is 101 Å². The maximum Gasteiger partial charge on any atom is 0.223 e. The van der Waals surface area contributed by atoms with Gasteiger partial charge in [-0.3, -0.25) is 4.79 Å². The second-order valence-corrected chi connectivity index (χ2v) is 4.27. The lowest BCUT2D eigenvalue weighted by Crippen LogP contribution is -2.30. The van der Waals surface area contributed by atoms with Gasteiger partial charge in [-0.1, -0.05) is 13.8 Å². The van der Waals surface area contributed by atoms with Crippen LogP contribution in [0.2, 0.25) is 0 Å². The molecule has 0 radical (unpaired) electrons. The van der Waals surface area contributed by atoms with Crippen LogP contribution >= 0.6 is 0 Å². The number of nitrogens with one attached hydrogen (secondary N) is 1. The Morgan fingerprint density at radius 2 is 2.00 bits per heavy atom. The highest BCUT2D eigenvalue weighted by molar-refractivity contribution is 5.78. The smallest absolute Gasteiger partial charge is 0.223 e. The Morgan fingerprint density at radius 3 is 2.53 bits per heavy atom. The van der Waals surface area contributed by atoms with Gasteiger partial charge in [-0.2, -0.15) is 0 Å². The summed E-state index contributed by atoms with van der Waals surface area (Å²) < 4.78 is 18.3. The van der Waals surface area contributed by atoms with Crippen molar-refractivity contribution in [3.05, 3.63) is 29.6 Å². The number of ether oxygens (including phenoxy) is 1. The van der Waals surface area contributed by atoms with Crippen molar-refractivity contribution >= 4 is 5.91 Å². The summed E-state index contributed by atoms with van der Waals surface area (Å²) in [5.41, 5.74) is 0.640. The molecule has 0 spiro atoms. The summed E-state index contributed by atoms with van der Waals surface area (Å²) in [4.78, 5) is 11.6. The fourth-order valence-electron chi connectivity index (χ4n) is 1.50. The fourth-order valence-corrected chi connectivity index (χ4v) is 1.50. The van der Waals surface area contributed by atoms with Gasteiger partial charge in [0.05, 0.1) is 13.2 Å². The molecule has 1 aromatic rings. The third-order valence-corrected chi connectivity index (χ3v) is 2.54. The minimum absolute atomic E-state index is 0.0659. The zero-order valence-corrected chi connectivity index (χ0v) is 10.6. The monoisotopic (exact) mass is 239 g/mol. The quantitative estimate of drug-likeness (QED) is 0.877. The van der Waals surface area contributed by atoms with E-state index in [-0.39, 0.29) is 23.7 Å². The van der Waals surface area contributed by atoms with Crippen LogP contribution in [0.1, 0.15) is 32.4 Å². The van der Waals surface area contributed by atoms with Crippen LogP contribution < -0.4 is 10.1 Å². The van der Waals surface area contributed by atoms with Gasteiger partial charge in [-0.15, -0.1) is 0 Å². The van der Waals surface area contributed by atoms with Gasteiger partial charge in [0.1, 0.15) is 11.6 Å². The molecule has 1 atom stereocenters. The Morgan fingerprint density at radius 1 is 1.35 bits per heavy atom. The maximum absolute atomic E-state index is 13.2. The number of rotatable bonds is 4. The number of hydrogen-bond acceptors (Lipinski definition) is 2. The highest BCUT2D eigenvalue weighted by Gasteiger charge is 2.16. The molecule has 0 heterocycles. The highest BCUT2D eigenvalue weighted by atomic mass is 19.1. The molecule has 1 N–H and O–H groups in total. The van der Waals surface area contributed by atoms with E-state index in [1.807, 2.05) is 13.8 Å². The number of benzene rings is 1. The van der Waals surface area contributed by atoms with Crippen molar-refractivity contribution in [1.82, 2.24) is 5.32 Å². The molecule has 0 aliphatic rings. The third kappa shape index (κ3) is 3.44. The van der Waals surface area contributed by atoms with Gasteiger partial charge in [0.2, 0.25) is 5.91 Å². The molecule has 0 fully saturated rings. The molecule has 94 valence electrons. The van der Waals surface area contributed by atoms with Crippen LogP contribution in [0.15, 0.2) is 18.2 Å². The molecule has 1 aromatic carbocycles. The number of hydrogen-bond donors (Lipinski definition) is 1. The summed E-state index contributed by atoms with van der Waals surface area (Å²) in [6, 6.07) is 3.99. The van der Waals surface area contributed by atoms with Gasteiger partial charge in [0.15, 0.2) is 0 Å². The first-order valence-corrected chi connectivity index (χ1v) is 5.59. The zero-order valence-electron chi connectivity index (χ0n) is 10.6. The summed E-state index contributed by atoms with van der Waals surface area (Å²) in [5, 5.41) is 2.81. The molecular formula is C13H18FNO2. The molecule has 1 unspecified atom stereocenters. The Bertz CT molecular complexity index is 404. The van der Waals surface area contributed by atoms with Gasteiger partial charge >= 0.3 is 0 Å². The van der Waals surface area contributed by atoms with Crippen LogP contribution in [0.3, 0.4) is 0 Å². The van der Waals surface area contributed by atoms with Crippen molar-refractivity contribution in [1.29, 1.82) is 0 Å². The molecule has 0 aromatic heterocycles. The summed E-state index contributed by atoms with van der Waals surface area (Å²) >= 11 is 0. The van der Waals surface area contributed by atoms with Crippen molar-refractivity contribution in [2.24, 2.45) is 5.92 Å². The van der Waals surface area contributed by atoms with Gasteiger partial charge in [0, 0.05) is 11.5 Å². The van der Waals surface area contributed by atoms with E-state index >= 15 is 0 Å². The molecule has 1 rings (SSSR count). The number of carbonyl (C=O) groups is 1. The lowest BCUT2D eigenvalue weighted by atomic mass is 10.1. The van der Waals surface area contributed by atoms with E-state index < -0.39 is 0 Å². The largest absolute Gasteiger partial charge is 0.496 e. The topological polar surface area (TPSA) is 38.3 Å². The number of amides is 1. The van der Waals surface area contributed by atoms with Crippen molar-refractivity contribution in [2.45, 2.75) is 26.8 Å². The molecule has 0 saturated heterocycles. The van der Waals surface area contributed by atoms with Crippen LogP contribution in [-0.4, -0.2) is 13.0 Å². The normalized spacial score (nSPS) is 12.4. The van der Waals surface area contributed by atoms with Gasteiger partial charge in [-0.25, -0.2) is 4.39 Å². The van der Waals surface area contributed by atoms with Gasteiger partial charge < -0.3 is 10.1 Å². The SMILES string of the molecule is COc1ccc(F)cc1C(C)NC(=O)C(C)C. The Kier molecular flexibility index (Phi) is 4.49. The lowest BCUT2D eigenvalue weighted by molar-refractivity contribution is -0.124. The zero-order chi connectivity index (χ0) is 13.0. The van der Waals surface area contributed by atoms with Crippen molar-refractivity contribution in [2.75, 3.05) is 7.11 Å². The van der Waals surface area contributed by atoms with Gasteiger partial charge in [-0.05, 0) is 25.1 Å². The molecule has 17 heavy (non-hydrogen) atoms. The predicted octanol–water partition coefficient (Wildman–Crippen LogP) is 2.67. The number of halogens is 1. The molecule has 0 aliphatic carbocycles. The maximum atomic E-state index is 13.2. The first kappa shape index (κ1) is 13.5. The van der Waals surface area contributed by atoms with Crippen molar-refractivity contribution in [3.8, 4) is 5.75 Å². The molecule has 0 aliphatic heterocycles. The van der Waals surface area contributed by atoms with Gasteiger partial charge in [0.25, 0.3) is 0 Å². The van der Waals surface area contributed by atoms with Crippen LogP contribution in [0.25, 0.3) is 0 Å². The molecule has 3 nitrogen and oxygen atoms in total. The second-order valence-electron chi connectivity index (χ2n) is 4.27. The standard InChI is InChI=1S/C13H18FNO2/c1-8(2)13(16)15-9(3)11-7-10(14)5-6-12(11)17-4/h5-9H,1-4H3,(H,15,16). The average molecular weight is 239 g/mol. The highest BCUT2D eigenvalue weighted by Crippen LogP contribution is 2.25. The Hall–Kier alpha value is -1.58. The Balaban J connectivity index is 2.91. The van der Waals surface area contributed by atoms with E-state index in [0.717, 1.165) is 0 Å². The first-order chi connectivity index (χ1) is 7.95. The minimum Gasteiger partial charge on any atom is -0.496 e. The predicted molar refractivity (Wildman–Crippen MR) is 64.3 cm³/mol.